The first-order valence-electron chi connectivity index (χ1n) is 2.06. The van der Waals surface area contributed by atoms with E-state index in [4.69, 9.17) is 15.3 Å². The molecule has 5 nitrogen and oxygen atoms in total. The molecular weight excluding hydrogens is 176 g/mol. The number of hydrogen-bond acceptors (Lipinski definition) is 4. The smallest absolute Gasteiger partial charge is 0.332 e. The van der Waals surface area contributed by atoms with Crippen molar-refractivity contribution >= 4 is 12.3 Å². The predicted octanol–water partition coefficient (Wildman–Crippen LogP) is -2.10. The molecule has 0 fully saturated rings. The Morgan fingerprint density at radius 2 is 1.80 bits per heavy atom. The van der Waals surface area contributed by atoms with E-state index in [1.54, 1.807) is 0 Å². The quantitative estimate of drug-likeness (QED) is 0.342. The molecule has 56 valence electrons. The second-order valence-corrected chi connectivity index (χ2v) is 1.35. The molecule has 2 atom stereocenters. The Bertz CT molecular complexity index is 125. The van der Waals surface area contributed by atoms with Gasteiger partial charge in [-0.1, -0.05) is 0 Å². The number of carbonyl (C=O) groups excluding carboxylic acids is 1. The summed E-state index contributed by atoms with van der Waals surface area (Å²) in [4.78, 5) is 19.2. The average Bonchev–Trinajstić information content (AvgIpc) is 1.84. The molecule has 0 aromatic rings. The Balaban J connectivity index is 0. The first-order valence-corrected chi connectivity index (χ1v) is 2.06. The number of hydrogen-bond donors (Lipinski definition) is 3. The van der Waals surface area contributed by atoms with Crippen LogP contribution in [0.4, 0.5) is 0 Å². The van der Waals surface area contributed by atoms with Gasteiger partial charge in [-0.3, -0.25) is 0 Å². The number of carbonyl (C=O) groups is 1. The van der Waals surface area contributed by atoms with Crippen LogP contribution in [0.1, 0.15) is 0 Å². The Hall–Kier alpha value is -0.226. The molecule has 0 aromatic carbocycles. The van der Waals surface area contributed by atoms with E-state index in [0.717, 1.165) is 6.29 Å². The van der Waals surface area contributed by atoms with E-state index in [2.05, 4.69) is 0 Å². The third-order valence-corrected chi connectivity index (χ3v) is 0.673. The van der Waals surface area contributed by atoms with Crippen LogP contribution in [-0.4, -0.2) is 39.8 Å². The monoisotopic (exact) mass is 181 g/mol. The van der Waals surface area contributed by atoms with E-state index in [0.29, 0.717) is 0 Å². The number of carboxylic acids is 1. The van der Waals surface area contributed by atoms with Gasteiger partial charge in [0.2, 0.25) is 0 Å². The maximum Gasteiger partial charge on any atom is 0.332 e. The topological polar surface area (TPSA) is 94.8 Å². The van der Waals surface area contributed by atoms with Crippen molar-refractivity contribution in [3.05, 3.63) is 0 Å². The molecule has 10 heavy (non-hydrogen) atoms. The molecule has 0 saturated carbocycles. The molecule has 0 saturated heterocycles. The SMILES string of the molecule is O=[C-]C(O)C(O)C(=O)O.[Ti]. The van der Waals surface area contributed by atoms with Crippen molar-refractivity contribution in [2.75, 3.05) is 0 Å². The molecule has 0 aromatic heterocycles. The van der Waals surface area contributed by atoms with Crippen molar-refractivity contribution in [2.24, 2.45) is 0 Å². The van der Waals surface area contributed by atoms with Crippen LogP contribution in [0.5, 0.6) is 0 Å². The van der Waals surface area contributed by atoms with Crippen molar-refractivity contribution in [3.8, 4) is 0 Å². The maximum atomic E-state index is 9.71. The molecule has 0 bridgehead atoms. The van der Waals surface area contributed by atoms with Gasteiger partial charge in [0.15, 0.2) is 6.10 Å². The molecule has 0 radical (unpaired) electrons. The molecule has 0 rings (SSSR count). The normalized spacial score (nSPS) is 14.6. The molecular formula is C4H5O5Ti-. The van der Waals surface area contributed by atoms with Gasteiger partial charge in [-0.2, -0.15) is 0 Å². The molecule has 0 heterocycles. The second-order valence-electron chi connectivity index (χ2n) is 1.35. The minimum absolute atomic E-state index is 0. The summed E-state index contributed by atoms with van der Waals surface area (Å²) in [5, 5.41) is 24.4. The fourth-order valence-electron chi connectivity index (χ4n) is 0.200. The zero-order valence-corrected chi connectivity index (χ0v) is 6.37. The van der Waals surface area contributed by atoms with E-state index in [1.807, 2.05) is 0 Å². The Morgan fingerprint density at radius 3 is 1.90 bits per heavy atom. The number of carboxylic acid groups (broad SMARTS) is 1. The first kappa shape index (κ1) is 12.5. The molecule has 0 spiro atoms. The Labute approximate surface area is 71.5 Å². The van der Waals surface area contributed by atoms with Crippen LogP contribution in [0.25, 0.3) is 0 Å². The van der Waals surface area contributed by atoms with E-state index < -0.39 is 18.2 Å². The molecule has 6 heteroatoms. The van der Waals surface area contributed by atoms with Crippen LogP contribution in [-0.2, 0) is 31.3 Å². The Kier molecular flexibility index (Phi) is 6.91. The summed E-state index contributed by atoms with van der Waals surface area (Å²) in [5.41, 5.74) is 0. The van der Waals surface area contributed by atoms with Gasteiger partial charge in [0.1, 0.15) is 0 Å². The number of aliphatic carboxylic acids is 1. The molecule has 0 aliphatic carbocycles. The number of aliphatic hydroxyl groups excluding tert-OH is 2. The van der Waals surface area contributed by atoms with Gasteiger partial charge in [-0.25, -0.2) is 11.1 Å². The average molecular weight is 181 g/mol. The Morgan fingerprint density at radius 1 is 1.40 bits per heavy atom. The van der Waals surface area contributed by atoms with Crippen molar-refractivity contribution in [2.45, 2.75) is 12.2 Å². The van der Waals surface area contributed by atoms with Gasteiger partial charge in [0.25, 0.3) is 0 Å². The molecule has 0 aliphatic rings. The third-order valence-electron chi connectivity index (χ3n) is 0.673. The van der Waals surface area contributed by atoms with Crippen molar-refractivity contribution in [1.82, 2.24) is 0 Å². The van der Waals surface area contributed by atoms with Gasteiger partial charge in [-0.15, -0.1) is 0 Å². The van der Waals surface area contributed by atoms with E-state index in [-0.39, 0.29) is 21.7 Å². The minimum atomic E-state index is -2.07. The molecule has 0 aliphatic heterocycles. The summed E-state index contributed by atoms with van der Waals surface area (Å²) in [6.45, 7) is 0. The summed E-state index contributed by atoms with van der Waals surface area (Å²) in [6, 6.07) is 0. The second kappa shape index (κ2) is 5.55. The third kappa shape index (κ3) is 3.73. The van der Waals surface area contributed by atoms with E-state index >= 15 is 0 Å². The van der Waals surface area contributed by atoms with Crippen LogP contribution in [0, 0.1) is 0 Å². The van der Waals surface area contributed by atoms with Crippen LogP contribution in [0.15, 0.2) is 0 Å². The number of aliphatic hydroxyl groups is 2. The van der Waals surface area contributed by atoms with Crippen molar-refractivity contribution in [1.29, 1.82) is 0 Å². The van der Waals surface area contributed by atoms with Gasteiger partial charge in [0, 0.05) is 21.7 Å². The summed E-state index contributed by atoms with van der Waals surface area (Å²) < 4.78 is 0. The van der Waals surface area contributed by atoms with Crippen molar-refractivity contribution in [3.63, 3.8) is 0 Å². The van der Waals surface area contributed by atoms with Gasteiger partial charge in [-0.05, 0) is 6.10 Å². The van der Waals surface area contributed by atoms with Crippen LogP contribution in [0.2, 0.25) is 0 Å². The summed E-state index contributed by atoms with van der Waals surface area (Å²) >= 11 is 0. The van der Waals surface area contributed by atoms with Gasteiger partial charge >= 0.3 is 5.97 Å². The molecule has 3 N–H and O–H groups in total. The minimum Gasteiger partial charge on any atom is -0.539 e. The number of rotatable bonds is 3. The fourth-order valence-corrected chi connectivity index (χ4v) is 0.200. The summed E-state index contributed by atoms with van der Waals surface area (Å²) in [6.07, 6.45) is -3.10. The summed E-state index contributed by atoms with van der Waals surface area (Å²) in [5.74, 6) is -1.65. The summed E-state index contributed by atoms with van der Waals surface area (Å²) in [7, 11) is 0. The van der Waals surface area contributed by atoms with Crippen LogP contribution < -0.4 is 0 Å². The zero-order chi connectivity index (χ0) is 7.44. The molecule has 2 unspecified atom stereocenters. The van der Waals surface area contributed by atoms with Crippen LogP contribution in [0.3, 0.4) is 0 Å². The molecule has 0 amide bonds. The van der Waals surface area contributed by atoms with E-state index in [9.17, 15) is 9.59 Å². The van der Waals surface area contributed by atoms with Crippen molar-refractivity contribution < 1.29 is 46.6 Å². The van der Waals surface area contributed by atoms with E-state index in [1.165, 1.54) is 0 Å². The maximum absolute atomic E-state index is 9.71. The standard InChI is InChI=1S/C4H5O5.Ti/c5-1-2(6)3(7)4(8)9;/h2-3,6-7H,(H,8,9);/q-1;. The van der Waals surface area contributed by atoms with Gasteiger partial charge < -0.3 is 20.1 Å². The fraction of sp³-hybridized carbons (Fsp3) is 0.500. The predicted molar refractivity (Wildman–Crippen MR) is 25.3 cm³/mol. The van der Waals surface area contributed by atoms with Crippen LogP contribution >= 0.6 is 0 Å². The first-order chi connectivity index (χ1) is 4.09. The zero-order valence-electron chi connectivity index (χ0n) is 4.81. The largest absolute Gasteiger partial charge is 0.539 e. The van der Waals surface area contributed by atoms with Gasteiger partial charge in [0.05, 0.1) is 0 Å².